The summed E-state index contributed by atoms with van der Waals surface area (Å²) in [6.45, 7) is 2.37. The minimum absolute atomic E-state index is 0.329. The van der Waals surface area contributed by atoms with Crippen molar-refractivity contribution in [2.75, 3.05) is 5.32 Å². The van der Waals surface area contributed by atoms with Crippen molar-refractivity contribution in [2.24, 2.45) is 5.73 Å². The Labute approximate surface area is 138 Å². The SMILES string of the molecule is Cc1c(NCc2cccc(C(N)=O)c2)cnn1-c1ccccc1F. The first-order chi connectivity index (χ1) is 11.6. The van der Waals surface area contributed by atoms with Gasteiger partial charge in [-0.2, -0.15) is 5.10 Å². The van der Waals surface area contributed by atoms with Gasteiger partial charge >= 0.3 is 0 Å². The first-order valence-electron chi connectivity index (χ1n) is 7.48. The van der Waals surface area contributed by atoms with Crippen molar-refractivity contribution in [3.63, 3.8) is 0 Å². The molecule has 0 spiro atoms. The maximum Gasteiger partial charge on any atom is 0.248 e. The Morgan fingerprint density at radius 1 is 1.25 bits per heavy atom. The van der Waals surface area contributed by atoms with E-state index in [2.05, 4.69) is 10.4 Å². The van der Waals surface area contributed by atoms with Gasteiger partial charge in [0.25, 0.3) is 0 Å². The summed E-state index contributed by atoms with van der Waals surface area (Å²) in [6.07, 6.45) is 1.65. The van der Waals surface area contributed by atoms with Crippen LogP contribution in [0.2, 0.25) is 0 Å². The van der Waals surface area contributed by atoms with E-state index in [4.69, 9.17) is 5.73 Å². The summed E-state index contributed by atoms with van der Waals surface area (Å²) >= 11 is 0. The van der Waals surface area contributed by atoms with E-state index in [9.17, 15) is 9.18 Å². The van der Waals surface area contributed by atoms with Gasteiger partial charge in [-0.3, -0.25) is 4.79 Å². The average Bonchev–Trinajstić information content (AvgIpc) is 2.94. The Hall–Kier alpha value is -3.15. The molecule has 24 heavy (non-hydrogen) atoms. The first kappa shape index (κ1) is 15.7. The fraction of sp³-hybridized carbons (Fsp3) is 0.111. The van der Waals surface area contributed by atoms with Gasteiger partial charge in [0.2, 0.25) is 5.91 Å². The van der Waals surface area contributed by atoms with Crippen molar-refractivity contribution in [1.29, 1.82) is 0 Å². The summed E-state index contributed by atoms with van der Waals surface area (Å²) in [5, 5.41) is 7.49. The van der Waals surface area contributed by atoms with Crippen LogP contribution in [0.4, 0.5) is 10.1 Å². The minimum atomic E-state index is -0.458. The van der Waals surface area contributed by atoms with Gasteiger partial charge in [0, 0.05) is 12.1 Å². The largest absolute Gasteiger partial charge is 0.378 e. The number of anilines is 1. The molecule has 6 heteroatoms. The molecular formula is C18H17FN4O. The smallest absolute Gasteiger partial charge is 0.248 e. The molecule has 2 aromatic carbocycles. The first-order valence-corrected chi connectivity index (χ1v) is 7.48. The Balaban J connectivity index is 1.79. The van der Waals surface area contributed by atoms with E-state index in [0.29, 0.717) is 17.8 Å². The number of carbonyl (C=O) groups excluding carboxylic acids is 1. The van der Waals surface area contributed by atoms with Gasteiger partial charge in [0.05, 0.1) is 17.6 Å². The van der Waals surface area contributed by atoms with Crippen LogP contribution in [0.3, 0.4) is 0 Å². The standard InChI is InChI=1S/C18H17FN4O/c1-12-16(11-22-23(12)17-8-3-2-7-15(17)19)21-10-13-5-4-6-14(9-13)18(20)24/h2-9,11,21H,10H2,1H3,(H2,20,24). The Kier molecular flexibility index (Phi) is 4.29. The van der Waals surface area contributed by atoms with Gasteiger partial charge in [0.1, 0.15) is 11.5 Å². The third-order valence-electron chi connectivity index (χ3n) is 3.78. The summed E-state index contributed by atoms with van der Waals surface area (Å²) in [6, 6.07) is 13.6. The third-order valence-corrected chi connectivity index (χ3v) is 3.78. The van der Waals surface area contributed by atoms with Gasteiger partial charge in [-0.25, -0.2) is 9.07 Å². The number of nitrogens with zero attached hydrogens (tertiary/aromatic N) is 2. The van der Waals surface area contributed by atoms with Crippen molar-refractivity contribution >= 4 is 11.6 Å². The van der Waals surface area contributed by atoms with Crippen LogP contribution in [0.5, 0.6) is 0 Å². The Bertz CT molecular complexity index is 888. The van der Waals surface area contributed by atoms with Crippen LogP contribution in [0.15, 0.2) is 54.7 Å². The van der Waals surface area contributed by atoms with Gasteiger partial charge < -0.3 is 11.1 Å². The van der Waals surface area contributed by atoms with Crippen LogP contribution in [0, 0.1) is 12.7 Å². The fourth-order valence-corrected chi connectivity index (χ4v) is 2.48. The van der Waals surface area contributed by atoms with E-state index in [1.165, 1.54) is 6.07 Å². The van der Waals surface area contributed by atoms with Gasteiger partial charge in [-0.1, -0.05) is 24.3 Å². The van der Waals surface area contributed by atoms with E-state index in [1.807, 2.05) is 13.0 Å². The predicted octanol–water partition coefficient (Wildman–Crippen LogP) is 3.03. The molecule has 0 unspecified atom stereocenters. The van der Waals surface area contributed by atoms with Crippen molar-refractivity contribution in [3.05, 3.63) is 77.4 Å². The second-order valence-electron chi connectivity index (χ2n) is 5.43. The number of amides is 1. The summed E-state index contributed by atoms with van der Waals surface area (Å²) in [4.78, 5) is 11.2. The van der Waals surface area contributed by atoms with Crippen LogP contribution in [-0.2, 0) is 6.54 Å². The number of hydrogen-bond acceptors (Lipinski definition) is 3. The molecule has 0 saturated carbocycles. The lowest BCUT2D eigenvalue weighted by atomic mass is 10.1. The van der Waals surface area contributed by atoms with Crippen LogP contribution in [0.25, 0.3) is 5.69 Å². The summed E-state index contributed by atoms with van der Waals surface area (Å²) in [5.41, 5.74) is 8.67. The number of para-hydroxylation sites is 1. The Morgan fingerprint density at radius 2 is 2.04 bits per heavy atom. The minimum Gasteiger partial charge on any atom is -0.378 e. The molecule has 3 rings (SSSR count). The summed E-state index contributed by atoms with van der Waals surface area (Å²) < 4.78 is 15.5. The van der Waals surface area contributed by atoms with Crippen molar-refractivity contribution in [1.82, 2.24) is 9.78 Å². The molecule has 0 atom stereocenters. The van der Waals surface area contributed by atoms with E-state index >= 15 is 0 Å². The Morgan fingerprint density at radius 3 is 2.79 bits per heavy atom. The molecule has 0 saturated heterocycles. The third kappa shape index (κ3) is 3.12. The highest BCUT2D eigenvalue weighted by Gasteiger charge is 2.11. The molecule has 1 aromatic heterocycles. The molecule has 0 bridgehead atoms. The van der Waals surface area contributed by atoms with Crippen LogP contribution in [-0.4, -0.2) is 15.7 Å². The van der Waals surface area contributed by atoms with Crippen molar-refractivity contribution in [2.45, 2.75) is 13.5 Å². The van der Waals surface area contributed by atoms with Crippen LogP contribution >= 0.6 is 0 Å². The monoisotopic (exact) mass is 324 g/mol. The van der Waals surface area contributed by atoms with Crippen molar-refractivity contribution < 1.29 is 9.18 Å². The zero-order chi connectivity index (χ0) is 17.1. The average molecular weight is 324 g/mol. The summed E-state index contributed by atoms with van der Waals surface area (Å²) in [7, 11) is 0. The molecule has 3 N–H and O–H groups in total. The number of halogens is 1. The zero-order valence-electron chi connectivity index (χ0n) is 13.2. The predicted molar refractivity (Wildman–Crippen MR) is 90.5 cm³/mol. The van der Waals surface area contributed by atoms with E-state index < -0.39 is 5.91 Å². The molecule has 5 nitrogen and oxygen atoms in total. The zero-order valence-corrected chi connectivity index (χ0v) is 13.2. The molecule has 122 valence electrons. The maximum atomic E-state index is 13.9. The molecule has 1 amide bonds. The van der Waals surface area contributed by atoms with E-state index in [-0.39, 0.29) is 5.82 Å². The molecular weight excluding hydrogens is 307 g/mol. The number of nitrogens with two attached hydrogens (primary N) is 1. The quantitative estimate of drug-likeness (QED) is 0.757. The normalized spacial score (nSPS) is 10.6. The molecule has 3 aromatic rings. The second kappa shape index (κ2) is 6.54. The second-order valence-corrected chi connectivity index (χ2v) is 5.43. The highest BCUT2D eigenvalue weighted by molar-refractivity contribution is 5.92. The fourth-order valence-electron chi connectivity index (χ4n) is 2.48. The molecule has 0 aliphatic rings. The molecule has 0 fully saturated rings. The van der Waals surface area contributed by atoms with Crippen LogP contribution in [0.1, 0.15) is 21.6 Å². The van der Waals surface area contributed by atoms with Gasteiger partial charge in [0.15, 0.2) is 0 Å². The molecule has 0 aliphatic heterocycles. The van der Waals surface area contributed by atoms with Crippen LogP contribution < -0.4 is 11.1 Å². The number of benzene rings is 2. The van der Waals surface area contributed by atoms with Gasteiger partial charge in [-0.15, -0.1) is 0 Å². The lowest BCUT2D eigenvalue weighted by Crippen LogP contribution is -2.11. The lowest BCUT2D eigenvalue weighted by molar-refractivity contribution is 0.1000. The molecule has 0 radical (unpaired) electrons. The number of carbonyl (C=O) groups is 1. The van der Waals surface area contributed by atoms with E-state index in [1.54, 1.807) is 47.3 Å². The molecule has 0 aliphatic carbocycles. The number of rotatable bonds is 5. The number of nitrogens with one attached hydrogen (secondary N) is 1. The van der Waals surface area contributed by atoms with Gasteiger partial charge in [-0.05, 0) is 36.8 Å². The lowest BCUT2D eigenvalue weighted by Gasteiger charge is -2.09. The highest BCUT2D eigenvalue weighted by atomic mass is 19.1. The summed E-state index contributed by atoms with van der Waals surface area (Å²) in [5.74, 6) is -0.787. The topological polar surface area (TPSA) is 72.9 Å². The van der Waals surface area contributed by atoms with E-state index in [0.717, 1.165) is 16.9 Å². The number of primary amides is 1. The van der Waals surface area contributed by atoms with Crippen molar-refractivity contribution in [3.8, 4) is 5.69 Å². The molecule has 1 heterocycles. The maximum absolute atomic E-state index is 13.9. The number of aromatic nitrogens is 2. The highest BCUT2D eigenvalue weighted by Crippen LogP contribution is 2.21. The number of hydrogen-bond donors (Lipinski definition) is 2.